The molecule has 2 heterocycles. The van der Waals surface area contributed by atoms with Crippen LogP contribution in [0.4, 0.5) is 0 Å². The van der Waals surface area contributed by atoms with Crippen LogP contribution in [-0.2, 0) is 13.1 Å². The molecule has 1 aromatic rings. The van der Waals surface area contributed by atoms with Gasteiger partial charge >= 0.3 is 0 Å². The molecular formula is C10H16BrN3S. The summed E-state index contributed by atoms with van der Waals surface area (Å²) in [5.74, 6) is 0. The Morgan fingerprint density at radius 1 is 1.40 bits per heavy atom. The third-order valence-corrected chi connectivity index (χ3v) is 3.97. The van der Waals surface area contributed by atoms with Gasteiger partial charge in [0, 0.05) is 11.3 Å². The Labute approximate surface area is 103 Å². The SMILES string of the molecule is CC(C)(C)SN1CCn2ncc(Br)c2C1. The Kier molecular flexibility index (Phi) is 3.14. The van der Waals surface area contributed by atoms with Crippen LogP contribution in [0.3, 0.4) is 0 Å². The number of hydrogen-bond donors (Lipinski definition) is 0. The minimum Gasteiger partial charge on any atom is -0.266 e. The predicted molar refractivity (Wildman–Crippen MR) is 67.7 cm³/mol. The van der Waals surface area contributed by atoms with E-state index < -0.39 is 0 Å². The fourth-order valence-electron chi connectivity index (χ4n) is 1.66. The van der Waals surface area contributed by atoms with Crippen molar-refractivity contribution in [3.05, 3.63) is 16.4 Å². The maximum atomic E-state index is 4.32. The predicted octanol–water partition coefficient (Wildman–Crippen LogP) is 2.91. The molecule has 1 aliphatic heterocycles. The second-order valence-electron chi connectivity index (χ2n) is 4.73. The van der Waals surface area contributed by atoms with Gasteiger partial charge in [0.05, 0.1) is 29.5 Å². The van der Waals surface area contributed by atoms with Gasteiger partial charge in [-0.05, 0) is 36.7 Å². The quantitative estimate of drug-likeness (QED) is 0.742. The van der Waals surface area contributed by atoms with Crippen molar-refractivity contribution in [3.63, 3.8) is 0 Å². The maximum Gasteiger partial charge on any atom is 0.0676 e. The molecule has 0 unspecified atom stereocenters. The molecule has 0 aromatic carbocycles. The van der Waals surface area contributed by atoms with E-state index in [2.05, 4.69) is 50.8 Å². The van der Waals surface area contributed by atoms with Gasteiger partial charge in [-0.1, -0.05) is 11.9 Å². The first-order valence-electron chi connectivity index (χ1n) is 5.10. The molecule has 1 aromatic heterocycles. The van der Waals surface area contributed by atoms with E-state index in [0.29, 0.717) is 0 Å². The molecule has 3 nitrogen and oxygen atoms in total. The van der Waals surface area contributed by atoms with Crippen molar-refractivity contribution < 1.29 is 0 Å². The number of fused-ring (bicyclic) bond motifs is 1. The summed E-state index contributed by atoms with van der Waals surface area (Å²) in [5, 5.41) is 4.32. The van der Waals surface area contributed by atoms with Crippen LogP contribution in [-0.4, -0.2) is 25.4 Å². The van der Waals surface area contributed by atoms with Gasteiger partial charge in [-0.2, -0.15) is 5.10 Å². The van der Waals surface area contributed by atoms with Crippen LogP contribution in [0.5, 0.6) is 0 Å². The van der Waals surface area contributed by atoms with E-state index in [4.69, 9.17) is 0 Å². The summed E-state index contributed by atoms with van der Waals surface area (Å²) in [5.41, 5.74) is 1.29. The largest absolute Gasteiger partial charge is 0.266 e. The Morgan fingerprint density at radius 2 is 2.13 bits per heavy atom. The van der Waals surface area contributed by atoms with Crippen LogP contribution in [0, 0.1) is 0 Å². The normalized spacial score (nSPS) is 17.9. The summed E-state index contributed by atoms with van der Waals surface area (Å²) in [6.07, 6.45) is 1.89. The lowest BCUT2D eigenvalue weighted by molar-refractivity contribution is 0.351. The number of aromatic nitrogens is 2. The first-order valence-corrected chi connectivity index (χ1v) is 6.66. The zero-order chi connectivity index (χ0) is 11.1. The molecule has 0 aliphatic carbocycles. The van der Waals surface area contributed by atoms with Crippen LogP contribution < -0.4 is 0 Å². The number of halogens is 1. The van der Waals surface area contributed by atoms with Crippen LogP contribution in [0.15, 0.2) is 10.7 Å². The van der Waals surface area contributed by atoms with Gasteiger partial charge in [0.15, 0.2) is 0 Å². The van der Waals surface area contributed by atoms with E-state index in [1.807, 2.05) is 18.1 Å². The van der Waals surface area contributed by atoms with Gasteiger partial charge in [0.1, 0.15) is 0 Å². The molecule has 0 amide bonds. The second-order valence-corrected chi connectivity index (χ2v) is 7.51. The first-order chi connectivity index (χ1) is 6.96. The molecule has 0 N–H and O–H groups in total. The average Bonchev–Trinajstić information content (AvgIpc) is 2.45. The fourth-order valence-corrected chi connectivity index (χ4v) is 3.21. The highest BCUT2D eigenvalue weighted by Crippen LogP contribution is 2.32. The Hall–Kier alpha value is -0.0000000000000000555. The number of hydrogen-bond acceptors (Lipinski definition) is 3. The highest BCUT2D eigenvalue weighted by atomic mass is 79.9. The lowest BCUT2D eigenvalue weighted by atomic mass is 10.3. The third kappa shape index (κ3) is 2.77. The molecule has 0 radical (unpaired) electrons. The summed E-state index contributed by atoms with van der Waals surface area (Å²) >= 11 is 5.46. The molecule has 2 rings (SSSR count). The van der Waals surface area contributed by atoms with Crippen molar-refractivity contribution in [1.82, 2.24) is 14.1 Å². The molecule has 0 bridgehead atoms. The molecule has 5 heteroatoms. The molecule has 0 fully saturated rings. The highest BCUT2D eigenvalue weighted by Gasteiger charge is 2.23. The van der Waals surface area contributed by atoms with Crippen molar-refractivity contribution in [1.29, 1.82) is 0 Å². The van der Waals surface area contributed by atoms with Crippen molar-refractivity contribution in [3.8, 4) is 0 Å². The number of rotatable bonds is 1. The Bertz CT molecular complexity index is 356. The standard InChI is InChI=1S/C10H16BrN3S/c1-10(2,3)15-13-4-5-14-9(7-13)8(11)6-12-14/h6H,4-5,7H2,1-3H3. The summed E-state index contributed by atoms with van der Waals surface area (Å²) < 4.78 is 5.92. The lowest BCUT2D eigenvalue weighted by Gasteiger charge is -2.32. The van der Waals surface area contributed by atoms with Gasteiger partial charge in [-0.15, -0.1) is 0 Å². The maximum absolute atomic E-state index is 4.32. The van der Waals surface area contributed by atoms with Crippen LogP contribution in [0.25, 0.3) is 0 Å². The van der Waals surface area contributed by atoms with Gasteiger partial charge in [-0.25, -0.2) is 4.31 Å². The molecule has 0 saturated heterocycles. The van der Waals surface area contributed by atoms with E-state index >= 15 is 0 Å². The van der Waals surface area contributed by atoms with Crippen LogP contribution in [0.2, 0.25) is 0 Å². The van der Waals surface area contributed by atoms with Crippen molar-refractivity contribution in [2.75, 3.05) is 6.54 Å². The molecule has 0 saturated carbocycles. The van der Waals surface area contributed by atoms with Gasteiger partial charge in [0.2, 0.25) is 0 Å². The fraction of sp³-hybridized carbons (Fsp3) is 0.700. The van der Waals surface area contributed by atoms with Crippen molar-refractivity contribution >= 4 is 27.9 Å². The smallest absolute Gasteiger partial charge is 0.0676 e. The van der Waals surface area contributed by atoms with Gasteiger partial charge in [0.25, 0.3) is 0 Å². The zero-order valence-corrected chi connectivity index (χ0v) is 11.7. The molecular weight excluding hydrogens is 274 g/mol. The van der Waals surface area contributed by atoms with E-state index in [1.165, 1.54) is 5.69 Å². The lowest BCUT2D eigenvalue weighted by Crippen LogP contribution is -2.32. The molecule has 15 heavy (non-hydrogen) atoms. The number of nitrogens with zero attached hydrogens (tertiary/aromatic N) is 3. The van der Waals surface area contributed by atoms with Gasteiger partial charge < -0.3 is 0 Å². The van der Waals surface area contributed by atoms with E-state index in [0.717, 1.165) is 24.1 Å². The van der Waals surface area contributed by atoms with E-state index in [-0.39, 0.29) is 4.75 Å². The summed E-state index contributed by atoms with van der Waals surface area (Å²) in [4.78, 5) is 0. The molecule has 84 valence electrons. The van der Waals surface area contributed by atoms with Crippen molar-refractivity contribution in [2.24, 2.45) is 0 Å². The first kappa shape index (κ1) is 11.5. The summed E-state index contributed by atoms with van der Waals surface area (Å²) in [7, 11) is 0. The van der Waals surface area contributed by atoms with E-state index in [9.17, 15) is 0 Å². The molecule has 0 spiro atoms. The van der Waals surface area contributed by atoms with E-state index in [1.54, 1.807) is 0 Å². The van der Waals surface area contributed by atoms with Crippen LogP contribution in [0.1, 0.15) is 26.5 Å². The highest BCUT2D eigenvalue weighted by molar-refractivity contribution is 9.10. The summed E-state index contributed by atoms with van der Waals surface area (Å²) in [6.45, 7) is 9.78. The Balaban J connectivity index is 2.08. The summed E-state index contributed by atoms with van der Waals surface area (Å²) in [6, 6.07) is 0. The molecule has 1 aliphatic rings. The zero-order valence-electron chi connectivity index (χ0n) is 9.33. The molecule has 0 atom stereocenters. The minimum absolute atomic E-state index is 0.286. The van der Waals surface area contributed by atoms with Crippen LogP contribution >= 0.6 is 27.9 Å². The monoisotopic (exact) mass is 289 g/mol. The average molecular weight is 290 g/mol. The van der Waals surface area contributed by atoms with Gasteiger partial charge in [-0.3, -0.25) is 4.68 Å². The topological polar surface area (TPSA) is 21.1 Å². The Morgan fingerprint density at radius 3 is 2.80 bits per heavy atom. The minimum atomic E-state index is 0.286. The third-order valence-electron chi connectivity index (χ3n) is 2.19. The second kappa shape index (κ2) is 4.11. The van der Waals surface area contributed by atoms with Crippen molar-refractivity contribution in [2.45, 2.75) is 38.6 Å².